The average Bonchev–Trinajstić information content (AvgIpc) is 2.36. The Hall–Kier alpha value is -1.49. The minimum atomic E-state index is -0.333. The standard InChI is InChI=1S/C12H16N2O2S/c1-4-8(12(15)16-2)5-9-7-14-11(17-3)6-10(9)13/h5-7H,4H2,1-3H3,(H2,13,14)/b8-5-. The van der Waals surface area contributed by atoms with Crippen molar-refractivity contribution in [2.24, 2.45) is 0 Å². The zero-order valence-electron chi connectivity index (χ0n) is 10.2. The number of anilines is 1. The summed E-state index contributed by atoms with van der Waals surface area (Å²) < 4.78 is 4.69. The van der Waals surface area contributed by atoms with Crippen molar-refractivity contribution in [2.45, 2.75) is 18.4 Å². The van der Waals surface area contributed by atoms with Crippen LogP contribution in [-0.4, -0.2) is 24.3 Å². The van der Waals surface area contributed by atoms with Crippen molar-refractivity contribution in [3.8, 4) is 0 Å². The molecule has 1 rings (SSSR count). The molecule has 0 unspecified atom stereocenters. The van der Waals surface area contributed by atoms with Crippen LogP contribution in [0, 0.1) is 0 Å². The Kier molecular flexibility index (Phi) is 5.03. The Bertz CT molecular complexity index is 444. The molecule has 0 saturated heterocycles. The molecule has 0 spiro atoms. The molecule has 0 radical (unpaired) electrons. The van der Waals surface area contributed by atoms with Crippen molar-refractivity contribution < 1.29 is 9.53 Å². The van der Waals surface area contributed by atoms with E-state index < -0.39 is 0 Å². The summed E-state index contributed by atoms with van der Waals surface area (Å²) in [5.74, 6) is -0.333. The van der Waals surface area contributed by atoms with Crippen molar-refractivity contribution >= 4 is 29.5 Å². The highest BCUT2D eigenvalue weighted by molar-refractivity contribution is 7.98. The monoisotopic (exact) mass is 252 g/mol. The summed E-state index contributed by atoms with van der Waals surface area (Å²) in [6, 6.07) is 1.79. The van der Waals surface area contributed by atoms with Crippen molar-refractivity contribution in [3.05, 3.63) is 23.4 Å². The van der Waals surface area contributed by atoms with Gasteiger partial charge in [-0.1, -0.05) is 6.92 Å². The number of carbonyl (C=O) groups excluding carboxylic acids is 1. The predicted molar refractivity (Wildman–Crippen MR) is 70.7 cm³/mol. The summed E-state index contributed by atoms with van der Waals surface area (Å²) in [7, 11) is 1.37. The van der Waals surface area contributed by atoms with Crippen molar-refractivity contribution in [3.63, 3.8) is 0 Å². The molecule has 1 aromatic rings. The predicted octanol–water partition coefficient (Wildman–Crippen LogP) is 2.35. The number of nitrogens with two attached hydrogens (primary N) is 1. The maximum Gasteiger partial charge on any atom is 0.333 e. The Morgan fingerprint density at radius 1 is 1.65 bits per heavy atom. The summed E-state index contributed by atoms with van der Waals surface area (Å²) in [5.41, 5.74) is 7.82. The molecule has 0 aromatic carbocycles. The Morgan fingerprint density at radius 2 is 2.35 bits per heavy atom. The normalized spacial score (nSPS) is 11.4. The molecule has 0 aliphatic heterocycles. The number of hydrogen-bond acceptors (Lipinski definition) is 5. The number of pyridine rings is 1. The molecule has 4 nitrogen and oxygen atoms in total. The highest BCUT2D eigenvalue weighted by Gasteiger charge is 2.08. The highest BCUT2D eigenvalue weighted by atomic mass is 32.2. The van der Waals surface area contributed by atoms with Gasteiger partial charge in [0.15, 0.2) is 0 Å². The van der Waals surface area contributed by atoms with E-state index in [4.69, 9.17) is 5.73 Å². The van der Waals surface area contributed by atoms with E-state index in [9.17, 15) is 4.79 Å². The van der Waals surface area contributed by atoms with Gasteiger partial charge < -0.3 is 10.5 Å². The number of nitrogens with zero attached hydrogens (tertiary/aromatic N) is 1. The molecule has 2 N–H and O–H groups in total. The van der Waals surface area contributed by atoms with Gasteiger partial charge in [-0.25, -0.2) is 9.78 Å². The summed E-state index contributed by atoms with van der Waals surface area (Å²) in [6.07, 6.45) is 5.91. The number of rotatable bonds is 4. The number of aromatic nitrogens is 1. The van der Waals surface area contributed by atoms with E-state index in [1.54, 1.807) is 18.3 Å². The van der Waals surface area contributed by atoms with Crippen LogP contribution in [0.25, 0.3) is 6.08 Å². The zero-order valence-corrected chi connectivity index (χ0v) is 11.0. The second-order valence-electron chi connectivity index (χ2n) is 3.37. The number of methoxy groups -OCH3 is 1. The molecule has 5 heteroatoms. The molecule has 17 heavy (non-hydrogen) atoms. The van der Waals surface area contributed by atoms with Gasteiger partial charge in [0.25, 0.3) is 0 Å². The van der Waals surface area contributed by atoms with E-state index in [1.807, 2.05) is 13.2 Å². The van der Waals surface area contributed by atoms with E-state index in [0.29, 0.717) is 17.7 Å². The molecule has 92 valence electrons. The first-order valence-corrected chi connectivity index (χ1v) is 6.43. The van der Waals surface area contributed by atoms with Crippen LogP contribution in [-0.2, 0) is 9.53 Å². The first kappa shape index (κ1) is 13.6. The topological polar surface area (TPSA) is 65.2 Å². The molecule has 1 aromatic heterocycles. The fourth-order valence-electron chi connectivity index (χ4n) is 1.32. The Morgan fingerprint density at radius 3 is 2.82 bits per heavy atom. The Labute approximate surface area is 105 Å². The maximum atomic E-state index is 11.4. The fraction of sp³-hybridized carbons (Fsp3) is 0.333. The minimum Gasteiger partial charge on any atom is -0.466 e. The SMILES string of the molecule is CC/C(=C/c1cnc(SC)cc1N)C(=O)OC. The van der Waals surface area contributed by atoms with E-state index in [1.165, 1.54) is 18.9 Å². The minimum absolute atomic E-state index is 0.333. The van der Waals surface area contributed by atoms with E-state index in [-0.39, 0.29) is 5.97 Å². The van der Waals surface area contributed by atoms with Crippen LogP contribution >= 0.6 is 11.8 Å². The van der Waals surface area contributed by atoms with Gasteiger partial charge in [0.05, 0.1) is 12.1 Å². The smallest absolute Gasteiger partial charge is 0.333 e. The van der Waals surface area contributed by atoms with Gasteiger partial charge >= 0.3 is 5.97 Å². The lowest BCUT2D eigenvalue weighted by Gasteiger charge is -2.05. The summed E-state index contributed by atoms with van der Waals surface area (Å²) >= 11 is 1.52. The van der Waals surface area contributed by atoms with Gasteiger partial charge in [0.2, 0.25) is 0 Å². The summed E-state index contributed by atoms with van der Waals surface area (Å²) in [5, 5.41) is 0.857. The van der Waals surface area contributed by atoms with Gasteiger partial charge in [0.1, 0.15) is 0 Å². The number of thioether (sulfide) groups is 1. The molecule has 0 amide bonds. The van der Waals surface area contributed by atoms with Gasteiger partial charge in [-0.05, 0) is 24.8 Å². The van der Waals surface area contributed by atoms with E-state index in [2.05, 4.69) is 9.72 Å². The molecule has 0 saturated carbocycles. The first-order valence-electron chi connectivity index (χ1n) is 5.20. The van der Waals surface area contributed by atoms with Gasteiger partial charge in [-0.2, -0.15) is 0 Å². The van der Waals surface area contributed by atoms with Gasteiger partial charge in [-0.3, -0.25) is 0 Å². The third kappa shape index (κ3) is 3.49. The number of ether oxygens (including phenoxy) is 1. The van der Waals surface area contributed by atoms with Gasteiger partial charge in [0, 0.05) is 23.0 Å². The number of hydrogen-bond donors (Lipinski definition) is 1. The molecular weight excluding hydrogens is 236 g/mol. The van der Waals surface area contributed by atoms with Crippen LogP contribution in [0.5, 0.6) is 0 Å². The maximum absolute atomic E-state index is 11.4. The Balaban J connectivity index is 3.08. The van der Waals surface area contributed by atoms with Crippen molar-refractivity contribution in [1.82, 2.24) is 4.98 Å². The molecule has 0 atom stereocenters. The largest absolute Gasteiger partial charge is 0.466 e. The number of carbonyl (C=O) groups is 1. The molecule has 0 fully saturated rings. The van der Waals surface area contributed by atoms with Crippen LogP contribution in [0.1, 0.15) is 18.9 Å². The summed E-state index contributed by atoms with van der Waals surface area (Å²) in [4.78, 5) is 15.6. The van der Waals surface area contributed by atoms with Crippen LogP contribution in [0.2, 0.25) is 0 Å². The molecule has 0 aliphatic carbocycles. The first-order chi connectivity index (χ1) is 8.12. The van der Waals surface area contributed by atoms with Gasteiger partial charge in [-0.15, -0.1) is 11.8 Å². The average molecular weight is 252 g/mol. The fourth-order valence-corrected chi connectivity index (χ4v) is 1.72. The van der Waals surface area contributed by atoms with Crippen molar-refractivity contribution in [1.29, 1.82) is 0 Å². The van der Waals surface area contributed by atoms with E-state index >= 15 is 0 Å². The van der Waals surface area contributed by atoms with E-state index in [0.717, 1.165) is 10.6 Å². The molecule has 0 aliphatic rings. The lowest BCUT2D eigenvalue weighted by atomic mass is 10.1. The second kappa shape index (κ2) is 6.30. The number of esters is 1. The molecular formula is C12H16N2O2S. The highest BCUT2D eigenvalue weighted by Crippen LogP contribution is 2.21. The zero-order chi connectivity index (χ0) is 12.8. The van der Waals surface area contributed by atoms with Crippen LogP contribution in [0.4, 0.5) is 5.69 Å². The van der Waals surface area contributed by atoms with Crippen LogP contribution in [0.15, 0.2) is 22.9 Å². The van der Waals surface area contributed by atoms with Crippen LogP contribution < -0.4 is 5.73 Å². The summed E-state index contributed by atoms with van der Waals surface area (Å²) in [6.45, 7) is 1.89. The third-order valence-electron chi connectivity index (χ3n) is 2.31. The van der Waals surface area contributed by atoms with Crippen molar-refractivity contribution in [2.75, 3.05) is 19.1 Å². The second-order valence-corrected chi connectivity index (χ2v) is 4.20. The lowest BCUT2D eigenvalue weighted by molar-refractivity contribution is -0.136. The molecule has 0 bridgehead atoms. The number of nitrogen functional groups attached to an aromatic ring is 1. The quantitative estimate of drug-likeness (QED) is 0.506. The lowest BCUT2D eigenvalue weighted by Crippen LogP contribution is -2.04. The third-order valence-corrected chi connectivity index (χ3v) is 2.95. The molecule has 1 heterocycles. The van der Waals surface area contributed by atoms with Crippen LogP contribution in [0.3, 0.4) is 0 Å².